The quantitative estimate of drug-likeness (QED) is 0.368. The number of hydrogen-bond acceptors (Lipinski definition) is 4. The number of unbranched alkanes of at least 4 members (excludes halogenated alkanes) is 2. The summed E-state index contributed by atoms with van der Waals surface area (Å²) in [5.74, 6) is 2.86. The zero-order valence-electron chi connectivity index (χ0n) is 21.1. The average molecular weight is 450 g/mol. The van der Waals surface area contributed by atoms with E-state index in [9.17, 15) is 4.39 Å². The summed E-state index contributed by atoms with van der Waals surface area (Å²) in [5.41, 5.74) is 1.68. The molecule has 182 valence electrons. The molecule has 4 nitrogen and oxygen atoms in total. The molecule has 5 heteroatoms. The van der Waals surface area contributed by atoms with Crippen molar-refractivity contribution in [3.63, 3.8) is 0 Å². The monoisotopic (exact) mass is 449 g/mol. The minimum Gasteiger partial charge on any atom is -0.493 e. The van der Waals surface area contributed by atoms with E-state index < -0.39 is 5.67 Å². The maximum Gasteiger partial charge on any atom is 0.161 e. The van der Waals surface area contributed by atoms with Crippen molar-refractivity contribution in [1.82, 2.24) is 4.90 Å². The van der Waals surface area contributed by atoms with Gasteiger partial charge in [0.25, 0.3) is 0 Å². The van der Waals surface area contributed by atoms with Crippen molar-refractivity contribution in [3.05, 3.63) is 23.3 Å². The summed E-state index contributed by atoms with van der Waals surface area (Å²) in [6.07, 6.45) is 7.15. The lowest BCUT2D eigenvalue weighted by atomic mass is 9.79. The van der Waals surface area contributed by atoms with Crippen LogP contribution in [-0.2, 0) is 11.2 Å². The number of fused-ring (bicyclic) bond motifs is 3. The number of piperidine rings is 1. The zero-order valence-corrected chi connectivity index (χ0v) is 21.1. The van der Waals surface area contributed by atoms with Gasteiger partial charge in [0.2, 0.25) is 0 Å². The molecular weight excluding hydrogens is 405 g/mol. The molecule has 0 amide bonds. The third kappa shape index (κ3) is 6.60. The molecule has 0 unspecified atom stereocenters. The number of rotatable bonds is 11. The van der Waals surface area contributed by atoms with Crippen LogP contribution in [0, 0.1) is 11.8 Å². The summed E-state index contributed by atoms with van der Waals surface area (Å²) in [7, 11) is 3.41. The Labute approximate surface area is 194 Å². The Morgan fingerprint density at radius 2 is 1.81 bits per heavy atom. The van der Waals surface area contributed by atoms with E-state index >= 15 is 0 Å². The summed E-state index contributed by atoms with van der Waals surface area (Å²) >= 11 is 0. The molecule has 0 aliphatic carbocycles. The maximum atomic E-state index is 13.7. The number of halogens is 1. The lowest BCUT2D eigenvalue weighted by Gasteiger charge is -2.47. The van der Waals surface area contributed by atoms with Crippen LogP contribution in [0.3, 0.4) is 0 Å². The number of methoxy groups -OCH3 is 2. The van der Waals surface area contributed by atoms with E-state index in [4.69, 9.17) is 14.2 Å². The van der Waals surface area contributed by atoms with Crippen molar-refractivity contribution in [1.29, 1.82) is 0 Å². The Balaban J connectivity index is 1.67. The van der Waals surface area contributed by atoms with Crippen molar-refractivity contribution in [2.45, 2.75) is 90.5 Å². The van der Waals surface area contributed by atoms with Gasteiger partial charge in [-0.05, 0) is 81.0 Å². The highest BCUT2D eigenvalue weighted by Crippen LogP contribution is 2.44. The normalized spacial score (nSPS) is 23.7. The van der Waals surface area contributed by atoms with Gasteiger partial charge in [0.05, 0.1) is 20.3 Å². The Bertz CT molecular complexity index is 730. The Hall–Kier alpha value is -1.33. The summed E-state index contributed by atoms with van der Waals surface area (Å²) < 4.78 is 31.4. The van der Waals surface area contributed by atoms with Crippen molar-refractivity contribution in [3.8, 4) is 11.5 Å². The summed E-state index contributed by atoms with van der Waals surface area (Å²) in [5, 5.41) is 0. The topological polar surface area (TPSA) is 30.9 Å². The van der Waals surface area contributed by atoms with Crippen molar-refractivity contribution < 1.29 is 18.6 Å². The standard InChI is InChI=1S/C27H44FNO3/c1-19(2)14-21-18-29-12-10-20-15-25(30-5)26(31-6)16-22(20)23(29)17-24(21)32-13-9-7-8-11-27(3,4)28/h15-16,19,21,23-24H,7-14,17-18H2,1-6H3/t21-,23-,24-/m1/s1. The van der Waals surface area contributed by atoms with Crippen molar-refractivity contribution in [2.75, 3.05) is 33.9 Å². The minimum atomic E-state index is -1.06. The van der Waals surface area contributed by atoms with Gasteiger partial charge in [-0.25, -0.2) is 4.39 Å². The fraction of sp³-hybridized carbons (Fsp3) is 0.778. The Morgan fingerprint density at radius 3 is 2.47 bits per heavy atom. The summed E-state index contributed by atoms with van der Waals surface area (Å²) in [6.45, 7) is 10.9. The lowest BCUT2D eigenvalue weighted by Crippen LogP contribution is -2.49. The van der Waals surface area contributed by atoms with Gasteiger partial charge in [-0.1, -0.05) is 26.7 Å². The smallest absolute Gasteiger partial charge is 0.161 e. The van der Waals surface area contributed by atoms with Gasteiger partial charge in [0.15, 0.2) is 11.5 Å². The molecule has 2 heterocycles. The molecule has 0 radical (unpaired) electrons. The van der Waals surface area contributed by atoms with Crippen LogP contribution in [0.2, 0.25) is 0 Å². The maximum absolute atomic E-state index is 13.7. The van der Waals surface area contributed by atoms with Crippen LogP contribution in [0.25, 0.3) is 0 Å². The molecular formula is C27H44FNO3. The number of hydrogen-bond donors (Lipinski definition) is 0. The molecule has 1 aromatic rings. The van der Waals surface area contributed by atoms with Crippen LogP contribution in [0.15, 0.2) is 12.1 Å². The van der Waals surface area contributed by atoms with E-state index in [1.807, 2.05) is 0 Å². The highest BCUT2D eigenvalue weighted by Gasteiger charge is 2.40. The third-order valence-electron chi connectivity index (χ3n) is 7.09. The van der Waals surface area contributed by atoms with Gasteiger partial charge in [0, 0.05) is 25.7 Å². The molecule has 0 saturated carbocycles. The van der Waals surface area contributed by atoms with E-state index in [0.29, 0.717) is 24.3 Å². The molecule has 0 bridgehead atoms. The van der Waals surface area contributed by atoms with E-state index in [1.54, 1.807) is 28.1 Å². The molecule has 2 aliphatic rings. The first-order valence-electron chi connectivity index (χ1n) is 12.5. The van der Waals surface area contributed by atoms with Gasteiger partial charge < -0.3 is 14.2 Å². The van der Waals surface area contributed by atoms with Crippen LogP contribution < -0.4 is 9.47 Å². The van der Waals surface area contributed by atoms with E-state index in [1.165, 1.54) is 17.5 Å². The predicted octanol–water partition coefficient (Wildman–Crippen LogP) is 6.36. The summed E-state index contributed by atoms with van der Waals surface area (Å²) in [4.78, 5) is 2.66. The second-order valence-electron chi connectivity index (χ2n) is 10.7. The van der Waals surface area contributed by atoms with E-state index in [-0.39, 0.29) is 6.10 Å². The first kappa shape index (κ1) is 25.3. The zero-order chi connectivity index (χ0) is 23.3. The van der Waals surface area contributed by atoms with Crippen LogP contribution in [0.5, 0.6) is 11.5 Å². The SMILES string of the molecule is COc1cc2c(cc1OC)[C@H]1C[C@@H](OCCCCCC(C)(C)F)[C@H](CC(C)C)CN1CC2. The number of benzene rings is 1. The molecule has 3 atom stereocenters. The highest BCUT2D eigenvalue weighted by atomic mass is 19.1. The second-order valence-corrected chi connectivity index (χ2v) is 10.7. The molecule has 0 aromatic heterocycles. The highest BCUT2D eigenvalue weighted by molar-refractivity contribution is 5.49. The van der Waals surface area contributed by atoms with Gasteiger partial charge in [0.1, 0.15) is 5.67 Å². The molecule has 1 saturated heterocycles. The molecule has 0 N–H and O–H groups in total. The fourth-order valence-corrected chi connectivity index (χ4v) is 5.50. The summed E-state index contributed by atoms with van der Waals surface area (Å²) in [6, 6.07) is 4.72. The number of alkyl halides is 1. The first-order valence-corrected chi connectivity index (χ1v) is 12.5. The van der Waals surface area contributed by atoms with Crippen molar-refractivity contribution >= 4 is 0 Å². The van der Waals surface area contributed by atoms with Crippen LogP contribution >= 0.6 is 0 Å². The van der Waals surface area contributed by atoms with Gasteiger partial charge in [-0.2, -0.15) is 0 Å². The van der Waals surface area contributed by atoms with Gasteiger partial charge >= 0.3 is 0 Å². The Morgan fingerprint density at radius 1 is 1.09 bits per heavy atom. The first-order chi connectivity index (χ1) is 15.2. The number of ether oxygens (including phenoxy) is 3. The molecule has 1 fully saturated rings. The van der Waals surface area contributed by atoms with Gasteiger partial charge in [-0.3, -0.25) is 4.90 Å². The lowest BCUT2D eigenvalue weighted by molar-refractivity contribution is -0.0648. The molecule has 3 rings (SSSR count). The molecule has 2 aliphatic heterocycles. The fourth-order valence-electron chi connectivity index (χ4n) is 5.50. The average Bonchev–Trinajstić information content (AvgIpc) is 2.74. The molecule has 1 aromatic carbocycles. The molecule has 0 spiro atoms. The van der Waals surface area contributed by atoms with E-state index in [0.717, 1.165) is 63.3 Å². The van der Waals surface area contributed by atoms with Crippen molar-refractivity contribution in [2.24, 2.45) is 11.8 Å². The molecule has 32 heavy (non-hydrogen) atoms. The van der Waals surface area contributed by atoms with Crippen LogP contribution in [-0.4, -0.2) is 50.6 Å². The predicted molar refractivity (Wildman–Crippen MR) is 129 cm³/mol. The largest absolute Gasteiger partial charge is 0.493 e. The van der Waals surface area contributed by atoms with E-state index in [2.05, 4.69) is 30.9 Å². The third-order valence-corrected chi connectivity index (χ3v) is 7.09. The van der Waals surface area contributed by atoms with Crippen LogP contribution in [0.1, 0.15) is 83.4 Å². The second kappa shape index (κ2) is 11.2. The Kier molecular flexibility index (Phi) is 8.85. The number of nitrogens with zero attached hydrogens (tertiary/aromatic N) is 1. The minimum absolute atomic E-state index is 0.273. The van der Waals surface area contributed by atoms with Crippen LogP contribution in [0.4, 0.5) is 4.39 Å². The van der Waals surface area contributed by atoms with Gasteiger partial charge in [-0.15, -0.1) is 0 Å².